The number of nitrogens with two attached hydrogens (primary N) is 1. The van der Waals surface area contributed by atoms with Crippen LogP contribution in [0.1, 0.15) is 39.0 Å². The van der Waals surface area contributed by atoms with E-state index in [1.54, 1.807) is 6.07 Å². The van der Waals surface area contributed by atoms with Crippen LogP contribution in [0, 0.1) is 5.41 Å². The monoisotopic (exact) mass is 252 g/mol. The Kier molecular flexibility index (Phi) is 3.82. The Bertz CT molecular complexity index is 384. The van der Waals surface area contributed by atoms with Gasteiger partial charge in [0.2, 0.25) is 0 Å². The van der Waals surface area contributed by atoms with Crippen molar-refractivity contribution in [2.75, 3.05) is 17.6 Å². The van der Waals surface area contributed by atoms with Gasteiger partial charge in [0.05, 0.1) is 10.7 Å². The average molecular weight is 253 g/mol. The molecule has 0 amide bonds. The highest BCUT2D eigenvalue weighted by atomic mass is 35.5. The van der Waals surface area contributed by atoms with E-state index < -0.39 is 0 Å². The van der Waals surface area contributed by atoms with Gasteiger partial charge in [0.1, 0.15) is 0 Å². The molecule has 0 heterocycles. The highest BCUT2D eigenvalue weighted by Crippen LogP contribution is 2.41. The molecule has 0 atom stereocenters. The first-order valence-corrected chi connectivity index (χ1v) is 6.82. The molecule has 0 spiro atoms. The van der Waals surface area contributed by atoms with Crippen molar-refractivity contribution < 1.29 is 0 Å². The molecule has 0 aliphatic heterocycles. The van der Waals surface area contributed by atoms with Gasteiger partial charge in [-0.25, -0.2) is 0 Å². The van der Waals surface area contributed by atoms with Crippen LogP contribution in [-0.2, 0) is 0 Å². The zero-order chi connectivity index (χ0) is 12.3. The predicted octanol–water partition coefficient (Wildman–Crippen LogP) is 4.30. The third-order valence-corrected chi connectivity index (χ3v) is 4.37. The summed E-state index contributed by atoms with van der Waals surface area (Å²) in [4.78, 5) is 0. The molecule has 1 aliphatic rings. The molecule has 0 radical (unpaired) electrons. The third-order valence-electron chi connectivity index (χ3n) is 4.06. The molecule has 1 aliphatic carbocycles. The zero-order valence-corrected chi connectivity index (χ0v) is 11.2. The molecule has 0 bridgehead atoms. The molecule has 3 heteroatoms. The number of nitrogens with one attached hydrogen (secondary N) is 1. The molecular formula is C14H21ClN2. The Labute approximate surface area is 109 Å². The van der Waals surface area contributed by atoms with Crippen LogP contribution in [0.4, 0.5) is 11.4 Å². The lowest BCUT2D eigenvalue weighted by molar-refractivity contribution is 0.307. The second kappa shape index (κ2) is 5.18. The van der Waals surface area contributed by atoms with Crippen molar-refractivity contribution in [3.05, 3.63) is 23.2 Å². The van der Waals surface area contributed by atoms with E-state index in [4.69, 9.17) is 17.3 Å². The topological polar surface area (TPSA) is 38.0 Å². The Morgan fingerprint density at radius 3 is 2.65 bits per heavy atom. The fourth-order valence-corrected chi connectivity index (χ4v) is 2.99. The van der Waals surface area contributed by atoms with Gasteiger partial charge in [-0.3, -0.25) is 0 Å². The first kappa shape index (κ1) is 12.6. The zero-order valence-electron chi connectivity index (χ0n) is 10.4. The molecule has 1 aromatic rings. The van der Waals surface area contributed by atoms with Crippen LogP contribution >= 0.6 is 11.6 Å². The first-order chi connectivity index (χ1) is 8.15. The maximum absolute atomic E-state index is 6.16. The minimum atomic E-state index is 0.477. The summed E-state index contributed by atoms with van der Waals surface area (Å²) in [5.41, 5.74) is 7.88. The van der Waals surface area contributed by atoms with Crippen molar-refractivity contribution in [2.45, 2.75) is 39.0 Å². The number of hydrogen-bond acceptors (Lipinski definition) is 2. The van der Waals surface area contributed by atoms with E-state index in [0.29, 0.717) is 16.1 Å². The standard InChI is InChI=1S/C14H21ClN2/c1-2-14(7-3-4-8-14)10-17-13-6-5-11(16)9-12(13)15/h5-6,9,17H,2-4,7-8,10,16H2,1H3. The molecule has 0 unspecified atom stereocenters. The summed E-state index contributed by atoms with van der Waals surface area (Å²) in [6.07, 6.45) is 6.65. The second-order valence-electron chi connectivity index (χ2n) is 5.15. The summed E-state index contributed by atoms with van der Waals surface area (Å²) in [7, 11) is 0. The van der Waals surface area contributed by atoms with E-state index in [9.17, 15) is 0 Å². The van der Waals surface area contributed by atoms with Gasteiger partial charge in [0, 0.05) is 12.2 Å². The van der Waals surface area contributed by atoms with Crippen LogP contribution in [0.15, 0.2) is 18.2 Å². The van der Waals surface area contributed by atoms with Crippen LogP contribution in [0.5, 0.6) is 0 Å². The van der Waals surface area contributed by atoms with Gasteiger partial charge in [-0.1, -0.05) is 31.4 Å². The van der Waals surface area contributed by atoms with Crippen LogP contribution in [0.3, 0.4) is 0 Å². The third kappa shape index (κ3) is 2.86. The summed E-state index contributed by atoms with van der Waals surface area (Å²) in [5.74, 6) is 0. The van der Waals surface area contributed by atoms with Crippen molar-refractivity contribution in [3.8, 4) is 0 Å². The van der Waals surface area contributed by atoms with Crippen LogP contribution < -0.4 is 11.1 Å². The van der Waals surface area contributed by atoms with Crippen molar-refractivity contribution in [1.29, 1.82) is 0 Å². The van der Waals surface area contributed by atoms with Crippen molar-refractivity contribution in [2.24, 2.45) is 5.41 Å². The highest BCUT2D eigenvalue weighted by Gasteiger charge is 2.31. The quantitative estimate of drug-likeness (QED) is 0.784. The maximum Gasteiger partial charge on any atom is 0.0657 e. The SMILES string of the molecule is CCC1(CNc2ccc(N)cc2Cl)CCCC1. The summed E-state index contributed by atoms with van der Waals surface area (Å²) >= 11 is 6.16. The Balaban J connectivity index is 2.01. The number of nitrogen functional groups attached to an aromatic ring is 1. The van der Waals surface area contributed by atoms with Gasteiger partial charge in [0.15, 0.2) is 0 Å². The van der Waals surface area contributed by atoms with Crippen LogP contribution in [0.2, 0.25) is 5.02 Å². The molecule has 0 aromatic heterocycles. The van der Waals surface area contributed by atoms with Crippen molar-refractivity contribution in [1.82, 2.24) is 0 Å². The van der Waals surface area contributed by atoms with E-state index in [0.717, 1.165) is 12.2 Å². The summed E-state index contributed by atoms with van der Waals surface area (Å²) < 4.78 is 0. The van der Waals surface area contributed by atoms with Crippen molar-refractivity contribution in [3.63, 3.8) is 0 Å². The molecule has 1 aromatic carbocycles. The van der Waals surface area contributed by atoms with E-state index in [2.05, 4.69) is 12.2 Å². The van der Waals surface area contributed by atoms with Crippen molar-refractivity contribution >= 4 is 23.0 Å². The highest BCUT2D eigenvalue weighted by molar-refractivity contribution is 6.33. The van der Waals surface area contributed by atoms with Crippen LogP contribution in [0.25, 0.3) is 0 Å². The first-order valence-electron chi connectivity index (χ1n) is 6.44. The summed E-state index contributed by atoms with van der Waals surface area (Å²) in [6, 6.07) is 5.66. The maximum atomic E-state index is 6.16. The van der Waals surface area contributed by atoms with E-state index in [1.807, 2.05) is 12.1 Å². The smallest absolute Gasteiger partial charge is 0.0657 e. The average Bonchev–Trinajstić information content (AvgIpc) is 2.77. The molecular weight excluding hydrogens is 232 g/mol. The van der Waals surface area contributed by atoms with E-state index in [1.165, 1.54) is 32.1 Å². The Morgan fingerprint density at radius 2 is 2.06 bits per heavy atom. The number of rotatable bonds is 4. The molecule has 17 heavy (non-hydrogen) atoms. The van der Waals surface area contributed by atoms with E-state index in [-0.39, 0.29) is 0 Å². The fraction of sp³-hybridized carbons (Fsp3) is 0.571. The molecule has 2 rings (SSSR count). The van der Waals surface area contributed by atoms with Gasteiger partial charge in [-0.05, 0) is 42.9 Å². The number of hydrogen-bond donors (Lipinski definition) is 2. The number of anilines is 2. The predicted molar refractivity (Wildman–Crippen MR) is 75.5 cm³/mol. The Hall–Kier alpha value is -0.890. The molecule has 3 N–H and O–H groups in total. The van der Waals surface area contributed by atoms with Gasteiger partial charge in [0.25, 0.3) is 0 Å². The van der Waals surface area contributed by atoms with E-state index >= 15 is 0 Å². The molecule has 2 nitrogen and oxygen atoms in total. The summed E-state index contributed by atoms with van der Waals surface area (Å²) in [6.45, 7) is 3.31. The lowest BCUT2D eigenvalue weighted by Gasteiger charge is -2.28. The fourth-order valence-electron chi connectivity index (χ4n) is 2.74. The second-order valence-corrected chi connectivity index (χ2v) is 5.56. The lowest BCUT2D eigenvalue weighted by atomic mass is 9.83. The molecule has 94 valence electrons. The van der Waals surface area contributed by atoms with Gasteiger partial charge in [-0.2, -0.15) is 0 Å². The normalized spacial score (nSPS) is 18.2. The van der Waals surface area contributed by atoms with Gasteiger partial charge < -0.3 is 11.1 Å². The molecule has 1 saturated carbocycles. The van der Waals surface area contributed by atoms with Gasteiger partial charge >= 0.3 is 0 Å². The molecule has 1 fully saturated rings. The largest absolute Gasteiger partial charge is 0.399 e. The minimum Gasteiger partial charge on any atom is -0.399 e. The van der Waals surface area contributed by atoms with Gasteiger partial charge in [-0.15, -0.1) is 0 Å². The Morgan fingerprint density at radius 1 is 1.35 bits per heavy atom. The number of halogens is 1. The summed E-state index contributed by atoms with van der Waals surface area (Å²) in [5, 5.41) is 4.20. The number of benzene rings is 1. The lowest BCUT2D eigenvalue weighted by Crippen LogP contribution is -2.25. The van der Waals surface area contributed by atoms with Crippen LogP contribution in [-0.4, -0.2) is 6.54 Å². The minimum absolute atomic E-state index is 0.477. The molecule has 0 saturated heterocycles.